The summed E-state index contributed by atoms with van der Waals surface area (Å²) in [6, 6.07) is 52.7. The molecule has 1 unspecified atom stereocenters. The third-order valence-corrected chi connectivity index (χ3v) is 12.5. The average molecular weight is 750 g/mol. The Labute approximate surface area is 330 Å². The molecule has 0 N–H and O–H groups in total. The topological polar surface area (TPSA) is 65.0 Å². The molecule has 5 nitrogen and oxygen atoms in total. The number of furan rings is 2. The second-order valence-corrected chi connectivity index (χ2v) is 15.6. The highest BCUT2D eigenvalue weighted by Gasteiger charge is 2.24. The number of aromatic nitrogens is 3. The zero-order valence-electron chi connectivity index (χ0n) is 30.5. The van der Waals surface area contributed by atoms with Gasteiger partial charge in [-0.05, 0) is 41.8 Å². The van der Waals surface area contributed by atoms with Crippen molar-refractivity contribution in [2.24, 2.45) is 0 Å². The lowest BCUT2D eigenvalue weighted by atomic mass is 9.92. The summed E-state index contributed by atoms with van der Waals surface area (Å²) in [4.78, 5) is 15.8. The Morgan fingerprint density at radius 2 is 1.12 bits per heavy atom. The first kappa shape index (κ1) is 32.1. The van der Waals surface area contributed by atoms with Gasteiger partial charge in [0.25, 0.3) is 0 Å². The fourth-order valence-electron chi connectivity index (χ4n) is 8.58. The maximum absolute atomic E-state index is 6.83. The van der Waals surface area contributed by atoms with Crippen molar-refractivity contribution in [2.45, 2.75) is 12.3 Å². The van der Waals surface area contributed by atoms with Crippen LogP contribution in [0.5, 0.6) is 0 Å². The summed E-state index contributed by atoms with van der Waals surface area (Å²) in [7, 11) is 0. The first-order chi connectivity index (χ1) is 28.2. The summed E-state index contributed by atoms with van der Waals surface area (Å²) in [5.74, 6) is 1.85. The molecule has 0 fully saturated rings. The van der Waals surface area contributed by atoms with E-state index in [-0.39, 0.29) is 5.92 Å². The van der Waals surface area contributed by atoms with E-state index in [0.717, 1.165) is 72.6 Å². The van der Waals surface area contributed by atoms with Crippen molar-refractivity contribution >= 4 is 81.0 Å². The van der Waals surface area contributed by atoms with Crippen LogP contribution in [0, 0.1) is 0 Å². The second kappa shape index (κ2) is 12.7. The van der Waals surface area contributed by atoms with Crippen LogP contribution in [-0.4, -0.2) is 15.0 Å². The molecule has 1 atom stereocenters. The highest BCUT2D eigenvalue weighted by atomic mass is 32.1. The molecule has 268 valence electrons. The summed E-state index contributed by atoms with van der Waals surface area (Å²) in [5.41, 5.74) is 9.58. The number of para-hydroxylation sites is 3. The molecule has 0 bridgehead atoms. The lowest BCUT2D eigenvalue weighted by Crippen LogP contribution is -2.08. The van der Waals surface area contributed by atoms with Crippen LogP contribution in [0.4, 0.5) is 0 Å². The van der Waals surface area contributed by atoms with Crippen LogP contribution in [0.15, 0.2) is 179 Å². The molecule has 57 heavy (non-hydrogen) atoms. The van der Waals surface area contributed by atoms with E-state index in [4.69, 9.17) is 23.8 Å². The van der Waals surface area contributed by atoms with Gasteiger partial charge < -0.3 is 8.83 Å². The zero-order chi connectivity index (χ0) is 37.5. The van der Waals surface area contributed by atoms with E-state index in [1.807, 2.05) is 53.8 Å². The number of fused-ring (bicyclic) bond motifs is 9. The predicted molar refractivity (Wildman–Crippen MR) is 234 cm³/mol. The Bertz CT molecular complexity index is 3460. The van der Waals surface area contributed by atoms with Crippen molar-refractivity contribution in [1.82, 2.24) is 15.0 Å². The first-order valence-corrected chi connectivity index (χ1v) is 20.0. The highest BCUT2D eigenvalue weighted by Crippen LogP contribution is 2.45. The van der Waals surface area contributed by atoms with Gasteiger partial charge in [-0.15, -0.1) is 11.3 Å². The molecule has 4 aromatic heterocycles. The monoisotopic (exact) mass is 749 g/mol. The Balaban J connectivity index is 1.06. The van der Waals surface area contributed by atoms with Crippen molar-refractivity contribution in [3.63, 3.8) is 0 Å². The van der Waals surface area contributed by atoms with Crippen LogP contribution in [-0.2, 0) is 0 Å². The van der Waals surface area contributed by atoms with E-state index in [1.54, 1.807) is 0 Å². The fraction of sp³-hybridized carbons (Fsp3) is 0.0392. The average Bonchev–Trinajstić information content (AvgIpc) is 3.98. The van der Waals surface area contributed by atoms with Crippen LogP contribution >= 0.6 is 11.3 Å². The van der Waals surface area contributed by atoms with Gasteiger partial charge in [-0.25, -0.2) is 15.0 Å². The molecular formula is C51H31N3O2S. The number of hydrogen-bond donors (Lipinski definition) is 0. The molecule has 12 rings (SSSR count). The van der Waals surface area contributed by atoms with Gasteiger partial charge >= 0.3 is 0 Å². The third-order valence-electron chi connectivity index (χ3n) is 11.3. The quantitative estimate of drug-likeness (QED) is 0.175. The maximum Gasteiger partial charge on any atom is 0.167 e. The number of rotatable bonds is 5. The standard InChI is InChI=1S/C51H31N3O2S/c1-2-12-30(13-3-1)31-26-28-32(29-27-31)49-52-50(54-51(53-49)41-22-9-16-35-33-14-4-6-23-42(33)55-47(35)41)40-21-11-24-43-45(40)39-20-8-17-36(46(39)56-43)38-19-10-18-37-34-15-5-7-25-44(34)57-48(37)38/h1-28,32H,29H2. The molecule has 0 amide bonds. The van der Waals surface area contributed by atoms with Crippen LogP contribution in [0.1, 0.15) is 23.7 Å². The molecule has 0 saturated heterocycles. The summed E-state index contributed by atoms with van der Waals surface area (Å²) in [5, 5.41) is 6.63. The van der Waals surface area contributed by atoms with Crippen LogP contribution in [0.2, 0.25) is 0 Å². The molecule has 0 aliphatic heterocycles. The van der Waals surface area contributed by atoms with Crippen LogP contribution in [0.3, 0.4) is 0 Å². The normalized spacial score (nSPS) is 14.5. The SMILES string of the molecule is C1=CC(c2nc(-c3cccc4c3oc3ccccc34)nc(-c3cccc4oc5c(-c6cccc7c6sc6ccccc67)cccc5c34)n2)CC=C1c1ccccc1. The van der Waals surface area contributed by atoms with Crippen molar-refractivity contribution < 1.29 is 8.83 Å². The van der Waals surface area contributed by atoms with Crippen molar-refractivity contribution in [3.8, 4) is 33.9 Å². The third kappa shape index (κ3) is 5.11. The minimum absolute atomic E-state index is 0.0402. The van der Waals surface area contributed by atoms with Gasteiger partial charge in [-0.1, -0.05) is 146 Å². The Hall–Kier alpha value is -7.15. The number of nitrogens with zero attached hydrogens (tertiary/aromatic N) is 3. The van der Waals surface area contributed by atoms with Crippen LogP contribution < -0.4 is 0 Å². The van der Waals surface area contributed by atoms with Crippen LogP contribution in [0.25, 0.3) is 104 Å². The molecule has 7 aromatic carbocycles. The van der Waals surface area contributed by atoms with E-state index in [9.17, 15) is 0 Å². The van der Waals surface area contributed by atoms with Gasteiger partial charge in [0.05, 0.1) is 5.56 Å². The van der Waals surface area contributed by atoms with Gasteiger partial charge in [0.15, 0.2) is 11.6 Å². The highest BCUT2D eigenvalue weighted by molar-refractivity contribution is 7.26. The molecule has 6 heteroatoms. The second-order valence-electron chi connectivity index (χ2n) is 14.6. The van der Waals surface area contributed by atoms with Crippen molar-refractivity contribution in [1.29, 1.82) is 0 Å². The van der Waals surface area contributed by atoms with Crippen molar-refractivity contribution in [3.05, 3.63) is 181 Å². The molecule has 1 aliphatic rings. The van der Waals surface area contributed by atoms with E-state index >= 15 is 0 Å². The minimum Gasteiger partial charge on any atom is -0.455 e. The Morgan fingerprint density at radius 1 is 0.491 bits per heavy atom. The summed E-state index contributed by atoms with van der Waals surface area (Å²) >= 11 is 1.83. The largest absolute Gasteiger partial charge is 0.455 e. The molecule has 0 spiro atoms. The van der Waals surface area contributed by atoms with E-state index in [0.29, 0.717) is 17.5 Å². The lowest BCUT2D eigenvalue weighted by Gasteiger charge is -2.17. The van der Waals surface area contributed by atoms with Gasteiger partial charge in [-0.3, -0.25) is 0 Å². The van der Waals surface area contributed by atoms with Gasteiger partial charge in [0.2, 0.25) is 0 Å². The number of hydrogen-bond acceptors (Lipinski definition) is 6. The van der Waals surface area contributed by atoms with Gasteiger partial charge in [0, 0.05) is 64.3 Å². The maximum atomic E-state index is 6.83. The molecule has 0 saturated carbocycles. The Morgan fingerprint density at radius 3 is 1.98 bits per heavy atom. The lowest BCUT2D eigenvalue weighted by molar-refractivity contribution is 0.669. The summed E-state index contributed by atoms with van der Waals surface area (Å²) in [6.45, 7) is 0. The number of benzene rings is 7. The number of thiophene rings is 1. The van der Waals surface area contributed by atoms with Crippen molar-refractivity contribution in [2.75, 3.05) is 0 Å². The molecule has 0 radical (unpaired) electrons. The zero-order valence-corrected chi connectivity index (χ0v) is 31.3. The summed E-state index contributed by atoms with van der Waals surface area (Å²) < 4.78 is 15.9. The number of allylic oxidation sites excluding steroid dienone is 4. The first-order valence-electron chi connectivity index (χ1n) is 19.2. The molecule has 4 heterocycles. The molecule has 11 aromatic rings. The van der Waals surface area contributed by atoms with E-state index in [1.165, 1.54) is 31.3 Å². The molecule has 1 aliphatic carbocycles. The smallest absolute Gasteiger partial charge is 0.167 e. The van der Waals surface area contributed by atoms with E-state index in [2.05, 4.69) is 127 Å². The van der Waals surface area contributed by atoms with Gasteiger partial charge in [0.1, 0.15) is 28.2 Å². The minimum atomic E-state index is -0.0402. The van der Waals surface area contributed by atoms with E-state index < -0.39 is 0 Å². The summed E-state index contributed by atoms with van der Waals surface area (Å²) in [6.07, 6.45) is 7.47. The predicted octanol–water partition coefficient (Wildman–Crippen LogP) is 14.2. The fourth-order valence-corrected chi connectivity index (χ4v) is 9.81. The Kier molecular flexibility index (Phi) is 7.16. The van der Waals surface area contributed by atoms with Gasteiger partial charge in [-0.2, -0.15) is 0 Å². The molecular weight excluding hydrogens is 719 g/mol.